The summed E-state index contributed by atoms with van der Waals surface area (Å²) in [6.07, 6.45) is 1.12. The highest BCUT2D eigenvalue weighted by atomic mass is 16.3. The molecular weight excluding hydrogens is 220 g/mol. The van der Waals surface area contributed by atoms with Crippen LogP contribution in [0.4, 0.5) is 0 Å². The average molecular weight is 238 g/mol. The molecule has 0 saturated heterocycles. The predicted octanol–water partition coefficient (Wildman–Crippen LogP) is 5.27. The molecule has 18 heavy (non-hydrogen) atoms. The molecule has 1 aromatic heterocycles. The van der Waals surface area contributed by atoms with E-state index in [9.17, 15) is 0 Å². The molecule has 3 aromatic rings. The number of hydrogen-bond acceptors (Lipinski definition) is 1. The van der Waals surface area contributed by atoms with E-state index in [1.165, 1.54) is 16.3 Å². The van der Waals surface area contributed by atoms with Crippen LogP contribution in [0.25, 0.3) is 21.9 Å². The van der Waals surface area contributed by atoms with Crippen LogP contribution in [0.3, 0.4) is 0 Å². The molecule has 92 valence electrons. The lowest BCUT2D eigenvalue weighted by Gasteiger charge is -2.22. The second kappa shape index (κ2) is 3.88. The smallest absolute Gasteiger partial charge is 0.135 e. The fourth-order valence-electron chi connectivity index (χ4n) is 2.35. The minimum Gasteiger partial charge on any atom is -0.456 e. The highest BCUT2D eigenvalue weighted by Crippen LogP contribution is 2.33. The normalized spacial score (nSPS) is 12.4. The van der Waals surface area contributed by atoms with Crippen LogP contribution < -0.4 is 0 Å². The van der Waals surface area contributed by atoms with Crippen molar-refractivity contribution in [1.82, 2.24) is 0 Å². The fraction of sp³-hybridized carbons (Fsp3) is 0.294. The van der Waals surface area contributed by atoms with Crippen molar-refractivity contribution in [2.24, 2.45) is 0 Å². The van der Waals surface area contributed by atoms with Gasteiger partial charge in [-0.3, -0.25) is 0 Å². The molecule has 0 bridgehead atoms. The Morgan fingerprint density at radius 1 is 0.944 bits per heavy atom. The molecule has 1 nitrogen and oxygen atoms in total. The van der Waals surface area contributed by atoms with Crippen molar-refractivity contribution in [2.45, 2.75) is 32.6 Å². The lowest BCUT2D eigenvalue weighted by Crippen LogP contribution is -2.14. The summed E-state index contributed by atoms with van der Waals surface area (Å²) in [5.41, 5.74) is 3.51. The Bertz CT molecular complexity index is 704. The first kappa shape index (κ1) is 11.3. The summed E-state index contributed by atoms with van der Waals surface area (Å²) >= 11 is 0. The highest BCUT2D eigenvalue weighted by molar-refractivity contribution is 6.04. The molecule has 0 saturated carbocycles. The Kier molecular flexibility index (Phi) is 2.44. The van der Waals surface area contributed by atoms with Gasteiger partial charge < -0.3 is 4.42 Å². The summed E-state index contributed by atoms with van der Waals surface area (Å²) < 4.78 is 5.93. The van der Waals surface area contributed by atoms with Gasteiger partial charge in [0.05, 0.1) is 0 Å². The maximum absolute atomic E-state index is 5.93. The van der Waals surface area contributed by atoms with Crippen LogP contribution in [0, 0.1) is 0 Å². The Balaban J connectivity index is 2.27. The van der Waals surface area contributed by atoms with Gasteiger partial charge in [-0.05, 0) is 29.5 Å². The molecule has 1 heteroatoms. The summed E-state index contributed by atoms with van der Waals surface area (Å²) in [6.45, 7) is 6.77. The zero-order chi connectivity index (χ0) is 12.8. The van der Waals surface area contributed by atoms with Crippen molar-refractivity contribution >= 4 is 21.9 Å². The quantitative estimate of drug-likeness (QED) is 0.592. The van der Waals surface area contributed by atoms with Crippen molar-refractivity contribution < 1.29 is 4.42 Å². The third-order valence-corrected chi connectivity index (χ3v) is 4.04. The van der Waals surface area contributed by atoms with E-state index in [4.69, 9.17) is 4.42 Å². The fourth-order valence-corrected chi connectivity index (χ4v) is 2.35. The number of hydrogen-bond donors (Lipinski definition) is 0. The van der Waals surface area contributed by atoms with E-state index in [1.54, 1.807) is 0 Å². The number of furan rings is 1. The lowest BCUT2D eigenvalue weighted by molar-refractivity contribution is 0.505. The Hall–Kier alpha value is -1.76. The van der Waals surface area contributed by atoms with Crippen molar-refractivity contribution in [3.8, 4) is 0 Å². The summed E-state index contributed by atoms with van der Waals surface area (Å²) in [5, 5.41) is 2.41. The zero-order valence-electron chi connectivity index (χ0n) is 11.2. The van der Waals surface area contributed by atoms with Crippen molar-refractivity contribution in [3.05, 3.63) is 48.0 Å². The number of fused-ring (bicyclic) bond motifs is 3. The highest BCUT2D eigenvalue weighted by Gasteiger charge is 2.19. The molecule has 0 unspecified atom stereocenters. The SMILES string of the molecule is CCC(C)(C)c1ccc2c(c1)oc1ccccc12. The van der Waals surface area contributed by atoms with Gasteiger partial charge >= 0.3 is 0 Å². The molecule has 0 N–H and O–H groups in total. The molecule has 0 radical (unpaired) electrons. The van der Waals surface area contributed by atoms with E-state index in [0.717, 1.165) is 17.6 Å². The molecule has 1 heterocycles. The van der Waals surface area contributed by atoms with Gasteiger partial charge in [-0.1, -0.05) is 51.1 Å². The van der Waals surface area contributed by atoms with Crippen LogP contribution in [0.15, 0.2) is 46.9 Å². The lowest BCUT2D eigenvalue weighted by atomic mass is 9.82. The minimum absolute atomic E-state index is 0.202. The summed E-state index contributed by atoms with van der Waals surface area (Å²) in [6, 6.07) is 14.8. The zero-order valence-corrected chi connectivity index (χ0v) is 11.2. The Labute approximate surface area is 107 Å². The second-order valence-corrected chi connectivity index (χ2v) is 5.55. The van der Waals surface area contributed by atoms with E-state index < -0.39 is 0 Å². The first-order valence-corrected chi connectivity index (χ1v) is 6.53. The third-order valence-electron chi connectivity index (χ3n) is 4.04. The van der Waals surface area contributed by atoms with Gasteiger partial charge in [0, 0.05) is 10.8 Å². The van der Waals surface area contributed by atoms with Gasteiger partial charge in [0.1, 0.15) is 11.2 Å². The second-order valence-electron chi connectivity index (χ2n) is 5.55. The van der Waals surface area contributed by atoms with Crippen molar-refractivity contribution in [3.63, 3.8) is 0 Å². The first-order chi connectivity index (χ1) is 8.62. The Morgan fingerprint density at radius 3 is 2.44 bits per heavy atom. The number of rotatable bonds is 2. The van der Waals surface area contributed by atoms with Crippen LogP contribution in [0.2, 0.25) is 0 Å². The van der Waals surface area contributed by atoms with Crippen molar-refractivity contribution in [2.75, 3.05) is 0 Å². The predicted molar refractivity (Wildman–Crippen MR) is 77.0 cm³/mol. The van der Waals surface area contributed by atoms with E-state index in [1.807, 2.05) is 12.1 Å². The van der Waals surface area contributed by atoms with Crippen LogP contribution in [-0.4, -0.2) is 0 Å². The molecular formula is C17H18O. The molecule has 0 fully saturated rings. The molecule has 0 amide bonds. The van der Waals surface area contributed by atoms with Gasteiger partial charge in [-0.15, -0.1) is 0 Å². The van der Waals surface area contributed by atoms with Crippen LogP contribution >= 0.6 is 0 Å². The first-order valence-electron chi connectivity index (χ1n) is 6.53. The van der Waals surface area contributed by atoms with Gasteiger partial charge in [0.15, 0.2) is 0 Å². The minimum atomic E-state index is 0.202. The van der Waals surface area contributed by atoms with Gasteiger partial charge in [-0.25, -0.2) is 0 Å². The number of para-hydroxylation sites is 1. The Morgan fingerprint density at radius 2 is 1.67 bits per heavy atom. The largest absolute Gasteiger partial charge is 0.456 e. The van der Waals surface area contributed by atoms with Crippen molar-refractivity contribution in [1.29, 1.82) is 0 Å². The van der Waals surface area contributed by atoms with E-state index in [0.29, 0.717) is 0 Å². The molecule has 0 aliphatic rings. The topological polar surface area (TPSA) is 13.1 Å². The molecule has 0 aliphatic carbocycles. The van der Waals surface area contributed by atoms with E-state index in [-0.39, 0.29) is 5.41 Å². The summed E-state index contributed by atoms with van der Waals surface area (Å²) in [7, 11) is 0. The third kappa shape index (κ3) is 1.62. The monoisotopic (exact) mass is 238 g/mol. The maximum Gasteiger partial charge on any atom is 0.135 e. The molecule has 2 aromatic carbocycles. The molecule has 0 atom stereocenters. The van der Waals surface area contributed by atoms with Gasteiger partial charge in [0.2, 0.25) is 0 Å². The number of benzene rings is 2. The molecule has 3 rings (SSSR count). The average Bonchev–Trinajstić information content (AvgIpc) is 2.76. The van der Waals surface area contributed by atoms with Crippen LogP contribution in [0.5, 0.6) is 0 Å². The molecule has 0 aliphatic heterocycles. The van der Waals surface area contributed by atoms with Gasteiger partial charge in [0.25, 0.3) is 0 Å². The van der Waals surface area contributed by atoms with Gasteiger partial charge in [-0.2, -0.15) is 0 Å². The van der Waals surface area contributed by atoms with Crippen LogP contribution in [-0.2, 0) is 5.41 Å². The maximum atomic E-state index is 5.93. The van der Waals surface area contributed by atoms with E-state index in [2.05, 4.69) is 51.1 Å². The summed E-state index contributed by atoms with van der Waals surface area (Å²) in [4.78, 5) is 0. The molecule has 0 spiro atoms. The van der Waals surface area contributed by atoms with E-state index >= 15 is 0 Å². The van der Waals surface area contributed by atoms with Crippen LogP contribution in [0.1, 0.15) is 32.8 Å². The summed E-state index contributed by atoms with van der Waals surface area (Å²) in [5.74, 6) is 0. The standard InChI is InChI=1S/C17H18O/c1-4-17(2,3)12-9-10-14-13-7-5-6-8-15(13)18-16(14)11-12/h5-11H,4H2,1-3H3.